The minimum absolute atomic E-state index is 0.0564. The Morgan fingerprint density at radius 2 is 2.10 bits per heavy atom. The topological polar surface area (TPSA) is 69.6 Å². The summed E-state index contributed by atoms with van der Waals surface area (Å²) in [4.78, 5) is 1.81. The van der Waals surface area contributed by atoms with Crippen LogP contribution in [0.3, 0.4) is 0 Å². The minimum atomic E-state index is -3.35. The van der Waals surface area contributed by atoms with Crippen molar-refractivity contribution >= 4 is 21.5 Å². The molecular formula is C13H18N2O3S2. The maximum Gasteiger partial charge on any atom is 0.279 e. The van der Waals surface area contributed by atoms with Gasteiger partial charge in [-0.1, -0.05) is 11.8 Å². The van der Waals surface area contributed by atoms with Crippen molar-refractivity contribution in [2.45, 2.75) is 25.8 Å². The van der Waals surface area contributed by atoms with Gasteiger partial charge in [-0.3, -0.25) is 0 Å². The molecule has 1 aromatic rings. The molecule has 5 nitrogen and oxygen atoms in total. The smallest absolute Gasteiger partial charge is 0.279 e. The minimum Gasteiger partial charge on any atom is -0.395 e. The van der Waals surface area contributed by atoms with E-state index in [9.17, 15) is 8.42 Å². The molecule has 0 saturated carbocycles. The second kappa shape index (κ2) is 7.20. The molecule has 2 N–H and O–H groups in total. The van der Waals surface area contributed by atoms with Crippen LogP contribution in [0, 0.1) is 11.8 Å². The van der Waals surface area contributed by atoms with Crippen molar-refractivity contribution in [3.63, 3.8) is 0 Å². The average molecular weight is 314 g/mol. The highest BCUT2D eigenvalue weighted by Gasteiger charge is 2.24. The van der Waals surface area contributed by atoms with E-state index in [0.29, 0.717) is 26.1 Å². The first kappa shape index (κ1) is 15.5. The van der Waals surface area contributed by atoms with Crippen LogP contribution < -0.4 is 4.72 Å². The van der Waals surface area contributed by atoms with E-state index in [4.69, 9.17) is 5.11 Å². The molecule has 0 unspecified atom stereocenters. The summed E-state index contributed by atoms with van der Waals surface area (Å²) < 4.78 is 28.1. The van der Waals surface area contributed by atoms with Crippen molar-refractivity contribution in [1.82, 2.24) is 9.03 Å². The summed E-state index contributed by atoms with van der Waals surface area (Å²) in [5, 5.41) is 8.65. The lowest BCUT2D eigenvalue weighted by Gasteiger charge is -2.15. The maximum atomic E-state index is 12.0. The molecular weight excluding hydrogens is 296 g/mol. The lowest BCUT2D eigenvalue weighted by atomic mass is 10.4. The zero-order chi connectivity index (χ0) is 14.4. The number of rotatable bonds is 5. The molecule has 0 spiro atoms. The number of hydrogen-bond donors (Lipinski definition) is 2. The van der Waals surface area contributed by atoms with E-state index in [1.807, 2.05) is 12.1 Å². The average Bonchev–Trinajstić information content (AvgIpc) is 3.09. The molecule has 7 heteroatoms. The fourth-order valence-electron chi connectivity index (χ4n) is 1.93. The highest BCUT2D eigenvalue weighted by atomic mass is 32.2. The monoisotopic (exact) mass is 314 g/mol. The molecule has 2 heterocycles. The van der Waals surface area contributed by atoms with E-state index >= 15 is 0 Å². The highest BCUT2D eigenvalue weighted by molar-refractivity contribution is 7.87. The molecule has 0 amide bonds. The van der Waals surface area contributed by atoms with E-state index in [2.05, 4.69) is 16.6 Å². The Hall–Kier alpha value is -0.910. The number of nitrogens with zero attached hydrogens (tertiary/aromatic N) is 1. The molecule has 1 aliphatic rings. The van der Waals surface area contributed by atoms with Crippen LogP contribution in [-0.2, 0) is 16.8 Å². The van der Waals surface area contributed by atoms with Gasteiger partial charge < -0.3 is 5.11 Å². The normalized spacial score (nSPS) is 16.1. The predicted octanol–water partition coefficient (Wildman–Crippen LogP) is 0.912. The van der Waals surface area contributed by atoms with Crippen LogP contribution in [0.15, 0.2) is 12.1 Å². The van der Waals surface area contributed by atoms with Crippen LogP contribution in [0.25, 0.3) is 0 Å². The molecule has 110 valence electrons. The third kappa shape index (κ3) is 4.30. The second-order valence-electron chi connectivity index (χ2n) is 4.47. The van der Waals surface area contributed by atoms with Gasteiger partial charge in [-0.25, -0.2) is 0 Å². The lowest BCUT2D eigenvalue weighted by Crippen LogP contribution is -2.38. The Kier molecular flexibility index (Phi) is 5.57. The summed E-state index contributed by atoms with van der Waals surface area (Å²) in [5.41, 5.74) is 0. The summed E-state index contributed by atoms with van der Waals surface area (Å²) in [6.45, 7) is 1.57. The van der Waals surface area contributed by atoms with Gasteiger partial charge in [0.1, 0.15) is 0 Å². The van der Waals surface area contributed by atoms with Gasteiger partial charge in [0.2, 0.25) is 0 Å². The Morgan fingerprint density at radius 1 is 1.35 bits per heavy atom. The molecule has 0 aromatic carbocycles. The molecule has 1 aromatic heterocycles. The molecule has 0 radical (unpaired) electrons. The molecule has 20 heavy (non-hydrogen) atoms. The van der Waals surface area contributed by atoms with Crippen molar-refractivity contribution in [2.75, 3.05) is 19.7 Å². The number of thiophene rings is 1. The molecule has 1 fully saturated rings. The number of aliphatic hydroxyl groups excluding tert-OH is 1. The Balaban J connectivity index is 1.89. The SMILES string of the molecule is O=S(=O)(NCc1ccc(C#CCCO)s1)N1CCCC1. The zero-order valence-corrected chi connectivity index (χ0v) is 12.8. The number of nitrogens with one attached hydrogen (secondary N) is 1. The van der Waals surface area contributed by atoms with E-state index < -0.39 is 10.2 Å². The van der Waals surface area contributed by atoms with E-state index in [1.54, 1.807) is 0 Å². The van der Waals surface area contributed by atoms with Crippen molar-refractivity contribution < 1.29 is 13.5 Å². The standard InChI is InChI=1S/C13H18N2O3S2/c16-10-4-1-5-12-6-7-13(19-12)11-14-20(17,18)15-8-2-3-9-15/h6-7,14,16H,2-4,8-11H2. The van der Waals surface area contributed by atoms with Crippen LogP contribution in [0.2, 0.25) is 0 Å². The van der Waals surface area contributed by atoms with E-state index in [0.717, 1.165) is 22.6 Å². The van der Waals surface area contributed by atoms with Gasteiger partial charge in [0.25, 0.3) is 10.2 Å². The second-order valence-corrected chi connectivity index (χ2v) is 7.40. The Bertz CT molecular complexity index is 593. The first-order valence-corrected chi connectivity index (χ1v) is 8.80. The van der Waals surface area contributed by atoms with Crippen molar-refractivity contribution in [3.05, 3.63) is 21.9 Å². The Labute approximate surface area is 123 Å². The molecule has 1 aliphatic heterocycles. The molecule has 0 bridgehead atoms. The van der Waals surface area contributed by atoms with Crippen molar-refractivity contribution in [2.24, 2.45) is 0 Å². The van der Waals surface area contributed by atoms with Gasteiger partial charge in [-0.05, 0) is 25.0 Å². The van der Waals surface area contributed by atoms with Gasteiger partial charge in [0.05, 0.1) is 11.5 Å². The predicted molar refractivity (Wildman–Crippen MR) is 79.5 cm³/mol. The third-order valence-electron chi connectivity index (χ3n) is 2.94. The number of hydrogen-bond acceptors (Lipinski definition) is 4. The molecule has 1 saturated heterocycles. The summed E-state index contributed by atoms with van der Waals surface area (Å²) in [6.07, 6.45) is 2.32. The first-order valence-electron chi connectivity index (χ1n) is 6.55. The van der Waals surface area contributed by atoms with Crippen LogP contribution in [-0.4, -0.2) is 37.5 Å². The van der Waals surface area contributed by atoms with Crippen LogP contribution >= 0.6 is 11.3 Å². The highest BCUT2D eigenvalue weighted by Crippen LogP contribution is 2.17. The molecule has 2 rings (SSSR count). The van der Waals surface area contributed by atoms with Crippen LogP contribution in [0.4, 0.5) is 0 Å². The Morgan fingerprint density at radius 3 is 2.80 bits per heavy atom. The van der Waals surface area contributed by atoms with Crippen molar-refractivity contribution in [3.8, 4) is 11.8 Å². The lowest BCUT2D eigenvalue weighted by molar-refractivity contribution is 0.305. The van der Waals surface area contributed by atoms with E-state index in [-0.39, 0.29) is 6.61 Å². The zero-order valence-electron chi connectivity index (χ0n) is 11.1. The van der Waals surface area contributed by atoms with E-state index in [1.165, 1.54) is 15.6 Å². The van der Waals surface area contributed by atoms with Gasteiger partial charge in [-0.15, -0.1) is 11.3 Å². The van der Waals surface area contributed by atoms with Gasteiger partial charge in [-0.2, -0.15) is 17.4 Å². The molecule has 0 aliphatic carbocycles. The summed E-state index contributed by atoms with van der Waals surface area (Å²) in [5.74, 6) is 5.78. The van der Waals surface area contributed by atoms with Gasteiger partial charge >= 0.3 is 0 Å². The number of aliphatic hydroxyl groups is 1. The summed E-state index contributed by atoms with van der Waals surface area (Å²) in [6, 6.07) is 3.74. The first-order chi connectivity index (χ1) is 9.62. The third-order valence-corrected chi connectivity index (χ3v) is 5.50. The fraction of sp³-hybridized carbons (Fsp3) is 0.538. The largest absolute Gasteiger partial charge is 0.395 e. The van der Waals surface area contributed by atoms with Crippen molar-refractivity contribution in [1.29, 1.82) is 0 Å². The van der Waals surface area contributed by atoms with Crippen LogP contribution in [0.1, 0.15) is 29.0 Å². The summed E-state index contributed by atoms with van der Waals surface area (Å²) in [7, 11) is -3.35. The van der Waals surface area contributed by atoms with Crippen LogP contribution in [0.5, 0.6) is 0 Å². The fourth-order valence-corrected chi connectivity index (χ4v) is 4.10. The summed E-state index contributed by atoms with van der Waals surface area (Å²) >= 11 is 1.47. The maximum absolute atomic E-state index is 12.0. The quantitative estimate of drug-likeness (QED) is 0.794. The van der Waals surface area contributed by atoms with Gasteiger partial charge in [0.15, 0.2) is 0 Å². The van der Waals surface area contributed by atoms with Gasteiger partial charge in [0, 0.05) is 30.9 Å². The molecule has 0 atom stereocenters.